The molecule has 2 heterocycles. The van der Waals surface area contributed by atoms with Crippen molar-refractivity contribution >= 4 is 34.5 Å². The van der Waals surface area contributed by atoms with Gasteiger partial charge < -0.3 is 15.1 Å². The van der Waals surface area contributed by atoms with Crippen molar-refractivity contribution in [3.63, 3.8) is 0 Å². The zero-order chi connectivity index (χ0) is 19.9. The van der Waals surface area contributed by atoms with Crippen LogP contribution >= 0.6 is 0 Å². The summed E-state index contributed by atoms with van der Waals surface area (Å²) < 4.78 is 5.18. The monoisotopic (exact) mass is 377 g/mol. The molecule has 1 aromatic heterocycles. The molecule has 8 heteroatoms. The van der Waals surface area contributed by atoms with Crippen molar-refractivity contribution < 1.29 is 18.8 Å². The molecule has 4 amide bonds. The third-order valence-corrected chi connectivity index (χ3v) is 4.63. The van der Waals surface area contributed by atoms with Gasteiger partial charge in [0, 0.05) is 11.1 Å². The zero-order valence-corrected chi connectivity index (χ0v) is 14.7. The van der Waals surface area contributed by atoms with Crippen LogP contribution in [0.25, 0.3) is 11.0 Å². The van der Waals surface area contributed by atoms with Crippen LogP contribution in [0.1, 0.15) is 22.8 Å². The van der Waals surface area contributed by atoms with Crippen LogP contribution in [0.4, 0.5) is 10.5 Å². The molecule has 1 aliphatic heterocycles. The Kier molecular flexibility index (Phi) is 3.96. The predicted octanol–water partition coefficient (Wildman–Crippen LogP) is 2.10. The van der Waals surface area contributed by atoms with E-state index < -0.39 is 29.0 Å². The Hall–Kier alpha value is -3.94. The van der Waals surface area contributed by atoms with Gasteiger partial charge in [-0.15, -0.1) is 0 Å². The Balaban J connectivity index is 1.64. The Morgan fingerprint density at radius 3 is 2.57 bits per heavy atom. The van der Waals surface area contributed by atoms with Gasteiger partial charge in [0.2, 0.25) is 0 Å². The second kappa shape index (κ2) is 6.34. The smallest absolute Gasteiger partial charge is 0.349 e. The van der Waals surface area contributed by atoms with E-state index in [9.17, 15) is 19.2 Å². The van der Waals surface area contributed by atoms with Gasteiger partial charge in [-0.25, -0.2) is 9.59 Å². The van der Waals surface area contributed by atoms with Gasteiger partial charge in [-0.3, -0.25) is 14.9 Å². The predicted molar refractivity (Wildman–Crippen MR) is 101 cm³/mol. The summed E-state index contributed by atoms with van der Waals surface area (Å²) in [6, 6.07) is 14.2. The number of imide groups is 1. The van der Waals surface area contributed by atoms with Gasteiger partial charge in [-0.2, -0.15) is 0 Å². The molecule has 4 rings (SSSR count). The lowest BCUT2D eigenvalue weighted by atomic mass is 9.92. The van der Waals surface area contributed by atoms with Crippen molar-refractivity contribution in [1.82, 2.24) is 10.6 Å². The first-order valence-corrected chi connectivity index (χ1v) is 8.45. The van der Waals surface area contributed by atoms with E-state index in [-0.39, 0.29) is 5.56 Å². The van der Waals surface area contributed by atoms with Crippen LogP contribution in [-0.2, 0) is 10.3 Å². The molecule has 1 fully saturated rings. The lowest BCUT2D eigenvalue weighted by Gasteiger charge is -2.21. The lowest BCUT2D eigenvalue weighted by molar-refractivity contribution is -0.123. The van der Waals surface area contributed by atoms with E-state index in [4.69, 9.17) is 4.42 Å². The molecule has 0 radical (unpaired) electrons. The first-order chi connectivity index (χ1) is 13.4. The lowest BCUT2D eigenvalue weighted by Crippen LogP contribution is -2.40. The number of amides is 4. The van der Waals surface area contributed by atoms with Gasteiger partial charge in [-0.1, -0.05) is 30.3 Å². The third kappa shape index (κ3) is 2.90. The molecule has 1 aliphatic rings. The number of benzene rings is 2. The number of fused-ring (bicyclic) bond motifs is 1. The minimum Gasteiger partial charge on any atom is -0.422 e. The van der Waals surface area contributed by atoms with Crippen LogP contribution in [0.15, 0.2) is 63.8 Å². The number of urea groups is 1. The molecular formula is C20H15N3O5. The highest BCUT2D eigenvalue weighted by Crippen LogP contribution is 2.26. The zero-order valence-electron chi connectivity index (χ0n) is 14.7. The first kappa shape index (κ1) is 17.5. The summed E-state index contributed by atoms with van der Waals surface area (Å²) in [4.78, 5) is 48.3. The van der Waals surface area contributed by atoms with Gasteiger partial charge in [0.05, 0.1) is 0 Å². The maximum Gasteiger partial charge on any atom is 0.349 e. The highest BCUT2D eigenvalue weighted by Gasteiger charge is 2.43. The van der Waals surface area contributed by atoms with Gasteiger partial charge in [0.15, 0.2) is 0 Å². The Morgan fingerprint density at radius 1 is 1.04 bits per heavy atom. The fourth-order valence-electron chi connectivity index (χ4n) is 3.07. The average molecular weight is 377 g/mol. The molecule has 1 atom stereocenters. The molecule has 28 heavy (non-hydrogen) atoms. The van der Waals surface area contributed by atoms with Crippen LogP contribution in [0, 0.1) is 0 Å². The topological polar surface area (TPSA) is 118 Å². The maximum absolute atomic E-state index is 12.6. The van der Waals surface area contributed by atoms with Gasteiger partial charge in [0.25, 0.3) is 11.8 Å². The highest BCUT2D eigenvalue weighted by molar-refractivity contribution is 6.08. The molecule has 1 saturated heterocycles. The number of carbonyl (C=O) groups excluding carboxylic acids is 3. The van der Waals surface area contributed by atoms with Crippen LogP contribution < -0.4 is 21.6 Å². The van der Waals surface area contributed by atoms with Crippen molar-refractivity contribution in [3.8, 4) is 0 Å². The molecule has 0 unspecified atom stereocenters. The summed E-state index contributed by atoms with van der Waals surface area (Å²) in [5.74, 6) is -1.13. The number of hydrogen-bond donors (Lipinski definition) is 3. The van der Waals surface area contributed by atoms with Crippen molar-refractivity contribution in [3.05, 3.63) is 76.1 Å². The number of para-hydroxylation sites is 1. The van der Waals surface area contributed by atoms with E-state index in [2.05, 4.69) is 16.0 Å². The van der Waals surface area contributed by atoms with Crippen molar-refractivity contribution in [2.24, 2.45) is 0 Å². The second-order valence-corrected chi connectivity index (χ2v) is 6.55. The first-order valence-electron chi connectivity index (χ1n) is 8.45. The summed E-state index contributed by atoms with van der Waals surface area (Å²) in [5.41, 5.74) is -0.893. The summed E-state index contributed by atoms with van der Waals surface area (Å²) in [7, 11) is 0. The van der Waals surface area contributed by atoms with E-state index in [0.29, 0.717) is 22.2 Å². The van der Waals surface area contributed by atoms with Crippen LogP contribution in [0.3, 0.4) is 0 Å². The Morgan fingerprint density at radius 2 is 1.82 bits per heavy atom. The van der Waals surface area contributed by atoms with Gasteiger partial charge in [-0.05, 0) is 36.8 Å². The van der Waals surface area contributed by atoms with E-state index in [1.165, 1.54) is 6.07 Å². The van der Waals surface area contributed by atoms with Crippen molar-refractivity contribution in [1.29, 1.82) is 0 Å². The molecule has 2 aromatic carbocycles. The van der Waals surface area contributed by atoms with Crippen LogP contribution in [0.5, 0.6) is 0 Å². The standard InChI is InChI=1S/C20H15N3O5/c1-20(18(26)22-19(27)23-20)12-6-4-7-13(10-12)21-16(24)14-9-11-5-2-3-8-15(11)28-17(14)25/h2-10H,1H3,(H,21,24)(H2,22,23,26,27)/t20-/m1/s1. The highest BCUT2D eigenvalue weighted by atomic mass is 16.4. The molecule has 0 bridgehead atoms. The largest absolute Gasteiger partial charge is 0.422 e. The van der Waals surface area contributed by atoms with E-state index >= 15 is 0 Å². The van der Waals surface area contributed by atoms with Crippen molar-refractivity contribution in [2.45, 2.75) is 12.5 Å². The molecule has 8 nitrogen and oxygen atoms in total. The van der Waals surface area contributed by atoms with Gasteiger partial charge >= 0.3 is 11.7 Å². The SMILES string of the molecule is C[C@]1(c2cccc(NC(=O)c3cc4ccccc4oc3=O)c2)NC(=O)NC1=O. The minimum absolute atomic E-state index is 0.137. The molecule has 3 aromatic rings. The molecule has 0 aliphatic carbocycles. The fourth-order valence-corrected chi connectivity index (χ4v) is 3.07. The van der Waals surface area contributed by atoms with E-state index in [1.807, 2.05) is 0 Å². The summed E-state index contributed by atoms with van der Waals surface area (Å²) >= 11 is 0. The van der Waals surface area contributed by atoms with Gasteiger partial charge in [0.1, 0.15) is 16.7 Å². The van der Waals surface area contributed by atoms with Crippen molar-refractivity contribution in [2.75, 3.05) is 5.32 Å². The quantitative estimate of drug-likeness (QED) is 0.477. The number of carbonyl (C=O) groups is 3. The van der Waals surface area contributed by atoms with E-state index in [0.717, 1.165) is 0 Å². The molecule has 0 saturated carbocycles. The maximum atomic E-state index is 12.6. The average Bonchev–Trinajstić information content (AvgIpc) is 2.94. The number of hydrogen-bond acceptors (Lipinski definition) is 5. The normalized spacial score (nSPS) is 18.6. The summed E-state index contributed by atoms with van der Waals surface area (Å²) in [5, 5.41) is 8.00. The van der Waals surface area contributed by atoms with E-state index in [1.54, 1.807) is 55.5 Å². The van der Waals surface area contributed by atoms with Crippen LogP contribution in [-0.4, -0.2) is 17.8 Å². The number of nitrogens with one attached hydrogen (secondary N) is 3. The second-order valence-electron chi connectivity index (χ2n) is 6.55. The third-order valence-electron chi connectivity index (χ3n) is 4.63. The molecule has 3 N–H and O–H groups in total. The summed E-state index contributed by atoms with van der Waals surface area (Å²) in [6.45, 7) is 1.56. The Labute approximate surface area is 158 Å². The molecule has 140 valence electrons. The fraction of sp³-hybridized carbons (Fsp3) is 0.100. The summed E-state index contributed by atoms with van der Waals surface area (Å²) in [6.07, 6.45) is 0. The molecular weight excluding hydrogens is 362 g/mol. The Bertz CT molecular complexity index is 1200. The van der Waals surface area contributed by atoms with Crippen LogP contribution in [0.2, 0.25) is 0 Å². The number of rotatable bonds is 3. The number of anilines is 1. The minimum atomic E-state index is -1.25. The molecule has 0 spiro atoms.